The van der Waals surface area contributed by atoms with Crippen molar-refractivity contribution < 1.29 is 19.1 Å². The van der Waals surface area contributed by atoms with E-state index in [-0.39, 0.29) is 6.61 Å². The Hall–Kier alpha value is -1.75. The molecule has 1 atom stereocenters. The quantitative estimate of drug-likeness (QED) is 0.360. The normalized spacial score (nSPS) is 12.3. The third-order valence-electron chi connectivity index (χ3n) is 3.62. The highest BCUT2D eigenvalue weighted by atomic mass is 35.5. The van der Waals surface area contributed by atoms with Gasteiger partial charge in [-0.15, -0.1) is 11.6 Å². The van der Waals surface area contributed by atoms with Crippen LogP contribution in [0.2, 0.25) is 0 Å². The van der Waals surface area contributed by atoms with Crippen LogP contribution in [0.25, 0.3) is 0 Å². The van der Waals surface area contributed by atoms with Crippen LogP contribution in [0.5, 0.6) is 0 Å². The number of benzene rings is 1. The Morgan fingerprint density at radius 2 is 1.81 bits per heavy atom. The number of unbranched alkanes of at least 4 members (excludes halogenated alkanes) is 1. The summed E-state index contributed by atoms with van der Waals surface area (Å²) in [6.45, 7) is 7.81. The van der Waals surface area contributed by atoms with Crippen molar-refractivity contribution in [1.29, 1.82) is 0 Å². The minimum atomic E-state index is -0.734. The fourth-order valence-electron chi connectivity index (χ4n) is 2.47. The van der Waals surface area contributed by atoms with Crippen LogP contribution in [0.4, 0.5) is 4.79 Å². The standard InChI is InChI=1S/C20H30ClNO4/c1-5-25-18(23)17(15-16-11-7-6-8-12-16)22(14-10-9-13-21)19(24)26-20(2,3)4/h6-8,11-12,17H,5,9-10,13-15H2,1-4H3/t17-/m0/s1. The number of halogens is 1. The first-order valence-electron chi connectivity index (χ1n) is 9.04. The van der Waals surface area contributed by atoms with Crippen molar-refractivity contribution in [3.05, 3.63) is 35.9 Å². The number of hydrogen-bond acceptors (Lipinski definition) is 4. The second-order valence-corrected chi connectivity index (χ2v) is 7.41. The number of amides is 1. The van der Waals surface area contributed by atoms with Gasteiger partial charge in [-0.2, -0.15) is 0 Å². The summed E-state index contributed by atoms with van der Waals surface area (Å²) in [7, 11) is 0. The Balaban J connectivity index is 3.07. The second-order valence-electron chi connectivity index (χ2n) is 7.03. The summed E-state index contributed by atoms with van der Waals surface area (Å²) in [5.74, 6) is 0.0818. The molecule has 0 aliphatic rings. The van der Waals surface area contributed by atoms with Gasteiger partial charge in [0.25, 0.3) is 0 Å². The van der Waals surface area contributed by atoms with Crippen molar-refractivity contribution in [2.45, 2.75) is 58.6 Å². The monoisotopic (exact) mass is 383 g/mol. The number of ether oxygens (including phenoxy) is 2. The van der Waals surface area contributed by atoms with Crippen molar-refractivity contribution in [3.63, 3.8) is 0 Å². The average molecular weight is 384 g/mol. The fraction of sp³-hybridized carbons (Fsp3) is 0.600. The zero-order valence-corrected chi connectivity index (χ0v) is 16.9. The minimum absolute atomic E-state index is 0.258. The molecule has 26 heavy (non-hydrogen) atoms. The van der Waals surface area contributed by atoms with Gasteiger partial charge >= 0.3 is 12.1 Å². The molecule has 1 aromatic rings. The number of nitrogens with zero attached hydrogens (tertiary/aromatic N) is 1. The molecule has 0 bridgehead atoms. The van der Waals surface area contributed by atoms with Crippen LogP contribution >= 0.6 is 11.6 Å². The average Bonchev–Trinajstić information content (AvgIpc) is 2.56. The summed E-state index contributed by atoms with van der Waals surface area (Å²) >= 11 is 5.77. The van der Waals surface area contributed by atoms with E-state index in [2.05, 4.69) is 0 Å². The van der Waals surface area contributed by atoms with Gasteiger partial charge in [-0.1, -0.05) is 30.3 Å². The van der Waals surface area contributed by atoms with Gasteiger partial charge in [0.05, 0.1) is 6.61 Å². The predicted molar refractivity (Wildman–Crippen MR) is 103 cm³/mol. The molecule has 0 N–H and O–H groups in total. The van der Waals surface area contributed by atoms with Crippen LogP contribution < -0.4 is 0 Å². The largest absolute Gasteiger partial charge is 0.464 e. The predicted octanol–water partition coefficient (Wildman–Crippen LogP) is 4.42. The Morgan fingerprint density at radius 3 is 2.35 bits per heavy atom. The van der Waals surface area contributed by atoms with E-state index >= 15 is 0 Å². The number of esters is 1. The molecule has 5 nitrogen and oxygen atoms in total. The first kappa shape index (κ1) is 22.3. The molecule has 6 heteroatoms. The van der Waals surface area contributed by atoms with E-state index in [9.17, 15) is 9.59 Å². The van der Waals surface area contributed by atoms with E-state index in [0.29, 0.717) is 25.3 Å². The highest BCUT2D eigenvalue weighted by molar-refractivity contribution is 6.17. The van der Waals surface area contributed by atoms with Gasteiger partial charge in [0.1, 0.15) is 11.6 Å². The maximum atomic E-state index is 12.8. The topological polar surface area (TPSA) is 55.8 Å². The molecule has 0 aliphatic heterocycles. The van der Waals surface area contributed by atoms with E-state index in [1.807, 2.05) is 30.3 Å². The molecule has 1 amide bonds. The Bertz CT molecular complexity index is 557. The van der Waals surface area contributed by atoms with Crippen molar-refractivity contribution >= 4 is 23.7 Å². The molecule has 1 aromatic carbocycles. The van der Waals surface area contributed by atoms with E-state index in [1.54, 1.807) is 27.7 Å². The van der Waals surface area contributed by atoms with E-state index in [1.165, 1.54) is 4.90 Å². The molecule has 0 saturated carbocycles. The number of hydrogen-bond donors (Lipinski definition) is 0. The maximum Gasteiger partial charge on any atom is 0.411 e. The summed E-state index contributed by atoms with van der Waals surface area (Å²) < 4.78 is 10.8. The number of carbonyl (C=O) groups excluding carboxylic acids is 2. The summed E-state index contributed by atoms with van der Waals surface area (Å²) in [5.41, 5.74) is 0.310. The number of carbonyl (C=O) groups is 2. The molecular formula is C20H30ClNO4. The third kappa shape index (κ3) is 8.09. The van der Waals surface area contributed by atoms with E-state index in [0.717, 1.165) is 12.0 Å². The van der Waals surface area contributed by atoms with Crippen LogP contribution in [0.15, 0.2) is 30.3 Å². The lowest BCUT2D eigenvalue weighted by molar-refractivity contribution is -0.149. The molecule has 0 fully saturated rings. The van der Waals surface area contributed by atoms with E-state index in [4.69, 9.17) is 21.1 Å². The summed E-state index contributed by atoms with van der Waals surface area (Å²) in [4.78, 5) is 26.8. The van der Waals surface area contributed by atoms with Crippen molar-refractivity contribution in [2.24, 2.45) is 0 Å². The smallest absolute Gasteiger partial charge is 0.411 e. The van der Waals surface area contributed by atoms with Gasteiger partial charge in [-0.05, 0) is 46.1 Å². The SMILES string of the molecule is CCOC(=O)[C@H](Cc1ccccc1)N(CCCCCl)C(=O)OC(C)(C)C. The number of rotatable bonds is 9. The van der Waals surface area contributed by atoms with Crippen LogP contribution in [0, 0.1) is 0 Å². The lowest BCUT2D eigenvalue weighted by Crippen LogP contribution is -2.49. The van der Waals surface area contributed by atoms with Gasteiger partial charge < -0.3 is 9.47 Å². The van der Waals surface area contributed by atoms with E-state index < -0.39 is 23.7 Å². The highest BCUT2D eigenvalue weighted by Gasteiger charge is 2.33. The highest BCUT2D eigenvalue weighted by Crippen LogP contribution is 2.17. The minimum Gasteiger partial charge on any atom is -0.464 e. The van der Waals surface area contributed by atoms with Crippen molar-refractivity contribution in [1.82, 2.24) is 4.90 Å². The molecule has 0 radical (unpaired) electrons. The summed E-state index contributed by atoms with van der Waals surface area (Å²) in [5, 5.41) is 0. The van der Waals surface area contributed by atoms with Crippen LogP contribution in [0.3, 0.4) is 0 Å². The molecule has 0 heterocycles. The first-order valence-corrected chi connectivity index (χ1v) is 9.58. The fourth-order valence-corrected chi connectivity index (χ4v) is 2.66. The Kier molecular flexibility index (Phi) is 9.49. The number of alkyl halides is 1. The summed E-state index contributed by atoms with van der Waals surface area (Å²) in [6, 6.07) is 8.85. The van der Waals surface area contributed by atoms with Crippen LogP contribution in [-0.4, -0.2) is 47.6 Å². The van der Waals surface area contributed by atoms with Crippen molar-refractivity contribution in [2.75, 3.05) is 19.0 Å². The molecule has 0 saturated heterocycles. The molecule has 146 valence electrons. The maximum absolute atomic E-state index is 12.8. The lowest BCUT2D eigenvalue weighted by atomic mass is 10.0. The van der Waals surface area contributed by atoms with Gasteiger partial charge in [0, 0.05) is 18.8 Å². The first-order chi connectivity index (χ1) is 12.3. The van der Waals surface area contributed by atoms with Crippen LogP contribution in [0.1, 0.15) is 46.1 Å². The molecule has 0 aromatic heterocycles. The Morgan fingerprint density at radius 1 is 1.15 bits per heavy atom. The Labute approximate surface area is 161 Å². The zero-order valence-electron chi connectivity index (χ0n) is 16.2. The molecular weight excluding hydrogens is 354 g/mol. The summed E-state index contributed by atoms with van der Waals surface area (Å²) in [6.07, 6.45) is 1.30. The van der Waals surface area contributed by atoms with Gasteiger partial charge in [0.15, 0.2) is 0 Å². The lowest BCUT2D eigenvalue weighted by Gasteiger charge is -2.32. The molecule has 0 aliphatic carbocycles. The molecule has 0 unspecified atom stereocenters. The van der Waals surface area contributed by atoms with Gasteiger partial charge in [0.2, 0.25) is 0 Å². The van der Waals surface area contributed by atoms with Crippen molar-refractivity contribution in [3.8, 4) is 0 Å². The van der Waals surface area contributed by atoms with Gasteiger partial charge in [-0.3, -0.25) is 4.90 Å². The second kappa shape index (κ2) is 11.1. The third-order valence-corrected chi connectivity index (χ3v) is 3.88. The van der Waals surface area contributed by atoms with Crippen LogP contribution in [-0.2, 0) is 20.7 Å². The molecule has 0 spiro atoms. The van der Waals surface area contributed by atoms with Gasteiger partial charge in [-0.25, -0.2) is 9.59 Å². The zero-order chi connectivity index (χ0) is 19.6. The molecule has 1 rings (SSSR count).